The molecule has 74 valence electrons. The summed E-state index contributed by atoms with van der Waals surface area (Å²) < 4.78 is 1.79. The zero-order chi connectivity index (χ0) is 10.1. The summed E-state index contributed by atoms with van der Waals surface area (Å²) in [7, 11) is 0. The minimum Gasteiger partial charge on any atom is -0.368 e. The van der Waals surface area contributed by atoms with E-state index in [0.717, 1.165) is 30.0 Å². The van der Waals surface area contributed by atoms with E-state index in [1.54, 1.807) is 4.40 Å². The second-order valence-corrected chi connectivity index (χ2v) is 3.12. The van der Waals surface area contributed by atoms with Crippen LogP contribution in [-0.2, 0) is 12.8 Å². The Labute approximate surface area is 82.0 Å². The van der Waals surface area contributed by atoms with Gasteiger partial charge in [0.05, 0.1) is 0 Å². The number of nitrogens with two attached hydrogens (primary N) is 1. The van der Waals surface area contributed by atoms with Crippen molar-refractivity contribution in [2.45, 2.75) is 26.7 Å². The van der Waals surface area contributed by atoms with Crippen LogP contribution in [0.5, 0.6) is 0 Å². The van der Waals surface area contributed by atoms with Crippen molar-refractivity contribution < 1.29 is 0 Å². The van der Waals surface area contributed by atoms with E-state index in [9.17, 15) is 0 Å². The molecule has 0 fully saturated rings. The fourth-order valence-electron chi connectivity index (χ4n) is 1.48. The molecule has 0 saturated heterocycles. The lowest BCUT2D eigenvalue weighted by Gasteiger charge is -2.04. The first-order chi connectivity index (χ1) is 6.76. The molecule has 2 aromatic heterocycles. The molecule has 14 heavy (non-hydrogen) atoms. The highest BCUT2D eigenvalue weighted by atomic mass is 15.3. The molecule has 0 spiro atoms. The van der Waals surface area contributed by atoms with Gasteiger partial charge in [-0.1, -0.05) is 13.8 Å². The molecule has 0 radical (unpaired) electrons. The molecule has 0 aliphatic carbocycles. The number of rotatable bonds is 2. The van der Waals surface area contributed by atoms with Gasteiger partial charge in [-0.25, -0.2) is 9.38 Å². The van der Waals surface area contributed by atoms with Crippen LogP contribution in [-0.4, -0.2) is 19.6 Å². The van der Waals surface area contributed by atoms with Gasteiger partial charge in [0.25, 0.3) is 0 Å². The molecule has 0 amide bonds. The molecule has 0 bridgehead atoms. The van der Waals surface area contributed by atoms with Gasteiger partial charge in [-0.2, -0.15) is 0 Å². The first-order valence-corrected chi connectivity index (χ1v) is 4.75. The number of nitrogens with zero attached hydrogens (tertiary/aromatic N) is 4. The minimum atomic E-state index is 0.409. The van der Waals surface area contributed by atoms with Crippen molar-refractivity contribution in [3.05, 3.63) is 17.6 Å². The van der Waals surface area contributed by atoms with Crippen LogP contribution >= 0.6 is 0 Å². The van der Waals surface area contributed by atoms with E-state index in [1.165, 1.54) is 0 Å². The SMILES string of the molecule is CCc1cc2nnc(N)n2c(CC)n1. The number of nitrogen functional groups attached to an aromatic ring is 1. The lowest BCUT2D eigenvalue weighted by molar-refractivity contribution is 0.861. The number of hydrogen-bond acceptors (Lipinski definition) is 4. The molecular weight excluding hydrogens is 178 g/mol. The monoisotopic (exact) mass is 191 g/mol. The van der Waals surface area contributed by atoms with Gasteiger partial charge in [0, 0.05) is 18.2 Å². The third kappa shape index (κ3) is 1.21. The van der Waals surface area contributed by atoms with Gasteiger partial charge < -0.3 is 5.73 Å². The van der Waals surface area contributed by atoms with Gasteiger partial charge in [-0.05, 0) is 6.42 Å². The maximum absolute atomic E-state index is 5.69. The molecule has 0 aliphatic rings. The van der Waals surface area contributed by atoms with E-state index in [4.69, 9.17) is 5.73 Å². The van der Waals surface area contributed by atoms with Crippen molar-refractivity contribution in [2.24, 2.45) is 0 Å². The third-order valence-electron chi connectivity index (χ3n) is 2.22. The predicted molar refractivity (Wildman–Crippen MR) is 54.0 cm³/mol. The second-order valence-electron chi connectivity index (χ2n) is 3.12. The first kappa shape index (κ1) is 8.93. The normalized spacial score (nSPS) is 11.0. The molecule has 5 heteroatoms. The zero-order valence-electron chi connectivity index (χ0n) is 8.36. The maximum atomic E-state index is 5.69. The van der Waals surface area contributed by atoms with Gasteiger partial charge in [0.2, 0.25) is 5.95 Å². The number of aryl methyl sites for hydroxylation is 2. The van der Waals surface area contributed by atoms with Crippen LogP contribution in [0.3, 0.4) is 0 Å². The van der Waals surface area contributed by atoms with Crippen LogP contribution in [0, 0.1) is 0 Å². The van der Waals surface area contributed by atoms with Crippen LogP contribution in [0.1, 0.15) is 25.4 Å². The van der Waals surface area contributed by atoms with Gasteiger partial charge in [-0.3, -0.25) is 0 Å². The minimum absolute atomic E-state index is 0.409. The van der Waals surface area contributed by atoms with Gasteiger partial charge in [-0.15, -0.1) is 10.2 Å². The number of aromatic nitrogens is 4. The summed E-state index contributed by atoms with van der Waals surface area (Å²) in [5, 5.41) is 7.81. The van der Waals surface area contributed by atoms with E-state index in [-0.39, 0.29) is 0 Å². The van der Waals surface area contributed by atoms with Crippen molar-refractivity contribution in [3.8, 4) is 0 Å². The summed E-state index contributed by atoms with van der Waals surface area (Å²) in [4.78, 5) is 4.47. The van der Waals surface area contributed by atoms with E-state index < -0.39 is 0 Å². The topological polar surface area (TPSA) is 69.1 Å². The molecule has 0 unspecified atom stereocenters. The third-order valence-corrected chi connectivity index (χ3v) is 2.22. The molecule has 0 aliphatic heterocycles. The Bertz CT molecular complexity index is 459. The molecule has 2 rings (SSSR count). The van der Waals surface area contributed by atoms with Crippen LogP contribution in [0.4, 0.5) is 5.95 Å². The van der Waals surface area contributed by atoms with Gasteiger partial charge in [0.15, 0.2) is 5.65 Å². The van der Waals surface area contributed by atoms with E-state index in [1.807, 2.05) is 13.0 Å². The van der Waals surface area contributed by atoms with Crippen LogP contribution in [0.15, 0.2) is 6.07 Å². The molecule has 2 heterocycles. The van der Waals surface area contributed by atoms with Crippen LogP contribution in [0.2, 0.25) is 0 Å². The van der Waals surface area contributed by atoms with Crippen molar-refractivity contribution in [2.75, 3.05) is 5.73 Å². The highest BCUT2D eigenvalue weighted by Gasteiger charge is 2.08. The summed E-state index contributed by atoms with van der Waals surface area (Å²) >= 11 is 0. The molecule has 5 nitrogen and oxygen atoms in total. The number of anilines is 1. The smallest absolute Gasteiger partial charge is 0.227 e. The fourth-order valence-corrected chi connectivity index (χ4v) is 1.48. The van der Waals surface area contributed by atoms with Crippen molar-refractivity contribution in [3.63, 3.8) is 0 Å². The Balaban J connectivity index is 2.76. The number of hydrogen-bond donors (Lipinski definition) is 1. The lowest BCUT2D eigenvalue weighted by atomic mass is 10.3. The van der Waals surface area contributed by atoms with E-state index in [0.29, 0.717) is 5.95 Å². The summed E-state index contributed by atoms with van der Waals surface area (Å²) in [5.41, 5.74) is 7.51. The van der Waals surface area contributed by atoms with E-state index >= 15 is 0 Å². The highest BCUT2D eigenvalue weighted by Crippen LogP contribution is 2.11. The summed E-state index contributed by atoms with van der Waals surface area (Å²) in [5.74, 6) is 1.33. The highest BCUT2D eigenvalue weighted by molar-refractivity contribution is 5.45. The fraction of sp³-hybridized carbons (Fsp3) is 0.444. The standard InChI is InChI=1S/C9H13N5/c1-3-6-5-8-12-13-9(10)14(8)7(4-2)11-6/h5H,3-4H2,1-2H3,(H2,10,13). The Kier molecular flexibility index (Phi) is 2.07. The van der Waals surface area contributed by atoms with Crippen molar-refractivity contribution in [1.82, 2.24) is 19.6 Å². The molecule has 0 atom stereocenters. The molecule has 0 aromatic carbocycles. The summed E-state index contributed by atoms with van der Waals surface area (Å²) in [6, 6.07) is 1.92. The maximum Gasteiger partial charge on any atom is 0.227 e. The zero-order valence-corrected chi connectivity index (χ0v) is 8.36. The molecule has 2 N–H and O–H groups in total. The van der Waals surface area contributed by atoms with Gasteiger partial charge in [0.1, 0.15) is 5.82 Å². The average Bonchev–Trinajstić information content (AvgIpc) is 2.59. The molecule has 2 aromatic rings. The second kappa shape index (κ2) is 3.25. The van der Waals surface area contributed by atoms with Gasteiger partial charge >= 0.3 is 0 Å². The van der Waals surface area contributed by atoms with Crippen LogP contribution < -0.4 is 5.73 Å². The molecular formula is C9H13N5. The average molecular weight is 191 g/mol. The Morgan fingerprint density at radius 2 is 2.07 bits per heavy atom. The largest absolute Gasteiger partial charge is 0.368 e. The first-order valence-electron chi connectivity index (χ1n) is 4.75. The summed E-state index contributed by atoms with van der Waals surface area (Å²) in [6.45, 7) is 4.11. The van der Waals surface area contributed by atoms with E-state index in [2.05, 4.69) is 22.1 Å². The van der Waals surface area contributed by atoms with Crippen LogP contribution in [0.25, 0.3) is 5.65 Å². The van der Waals surface area contributed by atoms with Crippen molar-refractivity contribution in [1.29, 1.82) is 0 Å². The quantitative estimate of drug-likeness (QED) is 0.763. The van der Waals surface area contributed by atoms with Crippen molar-refractivity contribution >= 4 is 11.6 Å². The Morgan fingerprint density at radius 1 is 1.29 bits per heavy atom. The predicted octanol–water partition coefficient (Wildman–Crippen LogP) is 0.831. The Morgan fingerprint density at radius 3 is 2.71 bits per heavy atom. The Hall–Kier alpha value is -1.65. The summed E-state index contributed by atoms with van der Waals surface area (Å²) in [6.07, 6.45) is 1.73. The lowest BCUT2D eigenvalue weighted by Crippen LogP contribution is -2.05. The number of fused-ring (bicyclic) bond motifs is 1. The molecule has 0 saturated carbocycles.